The van der Waals surface area contributed by atoms with Crippen LogP contribution in [0.3, 0.4) is 0 Å². The Morgan fingerprint density at radius 3 is 1.25 bits per heavy atom. The fraction of sp³-hybridized carbons (Fsp3) is 0. The van der Waals surface area contributed by atoms with Crippen LogP contribution in [0.1, 0.15) is 0 Å². The summed E-state index contributed by atoms with van der Waals surface area (Å²) in [5.41, 5.74) is 0. The van der Waals surface area contributed by atoms with Crippen LogP contribution in [0, 0.1) is 0 Å². The summed E-state index contributed by atoms with van der Waals surface area (Å²) in [5, 5.41) is 0. The van der Waals surface area contributed by atoms with E-state index in [1.54, 1.807) is 0 Å². The average molecular weight is 192 g/mol. The van der Waals surface area contributed by atoms with E-state index in [9.17, 15) is 0 Å². The van der Waals surface area contributed by atoms with Crippen LogP contribution in [0.2, 0.25) is 0 Å². The van der Waals surface area contributed by atoms with Crippen LogP contribution < -0.4 is 0 Å². The first-order chi connectivity index (χ1) is 1.00. The van der Waals surface area contributed by atoms with E-state index in [2.05, 4.69) is 0 Å². The van der Waals surface area contributed by atoms with E-state index in [0.29, 0.717) is 24.7 Å². The standard InChI is InChI=1S/Al.Mn.O.Zr.3H. The van der Waals surface area contributed by atoms with E-state index in [4.69, 9.17) is 2.81 Å². The first-order valence-corrected chi connectivity index (χ1v) is 1.21. The molecule has 0 aromatic heterocycles. The first-order valence-electron chi connectivity index (χ1n) is 0.204. The van der Waals surface area contributed by atoms with Crippen LogP contribution in [0.4, 0.5) is 0 Å². The number of hydrogen-bond acceptors (Lipinski definition) is 1. The molecule has 0 spiro atoms. The Labute approximate surface area is 61.4 Å². The summed E-state index contributed by atoms with van der Waals surface area (Å²) in [6.45, 7) is 0. The van der Waals surface area contributed by atoms with Crippen LogP contribution in [0.25, 0.3) is 0 Å². The van der Waals surface area contributed by atoms with Crippen molar-refractivity contribution in [3.8, 4) is 0 Å². The van der Waals surface area contributed by atoms with Crippen LogP contribution in [-0.4, -0.2) is 17.4 Å². The van der Waals surface area contributed by atoms with Crippen molar-refractivity contribution in [1.82, 2.24) is 0 Å². The molecule has 0 aromatic rings. The van der Waals surface area contributed by atoms with Gasteiger partial charge in [-0.15, -0.1) is 0 Å². The van der Waals surface area contributed by atoms with E-state index in [1.807, 2.05) is 0 Å². The number of hydrogen-bond donors (Lipinski definition) is 0. The van der Waals surface area contributed by atoms with Crippen molar-refractivity contribution in [2.75, 3.05) is 0 Å². The third-order valence-corrected chi connectivity index (χ3v) is 0. The molecule has 0 rings (SSSR count). The Bertz CT molecular complexity index is 8.00. The van der Waals surface area contributed by atoms with E-state index in [-0.39, 0.29) is 34.4 Å². The monoisotopic (exact) mass is 191 g/mol. The summed E-state index contributed by atoms with van der Waals surface area (Å²) in [4.78, 5) is 0. The molecule has 0 saturated carbocycles. The second kappa shape index (κ2) is 21.9. The molecule has 0 aromatic carbocycles. The Balaban J connectivity index is -0.00000000500. The summed E-state index contributed by atoms with van der Waals surface area (Å²) in [6, 6.07) is 0. The maximum atomic E-state index is 8.34. The molecule has 23 valence electrons. The molecule has 0 atom stereocenters. The quantitative estimate of drug-likeness (QED) is 0.436. The van der Waals surface area contributed by atoms with Crippen LogP contribution in [0.5, 0.6) is 0 Å². The van der Waals surface area contributed by atoms with E-state index in [1.165, 1.54) is 0 Å². The fourth-order valence-corrected chi connectivity index (χ4v) is 0. The molecule has 0 bridgehead atoms. The molecule has 0 aliphatic carbocycles. The number of rotatable bonds is 0. The molecule has 4 heavy (non-hydrogen) atoms. The summed E-state index contributed by atoms with van der Waals surface area (Å²) in [6.07, 6.45) is 0. The van der Waals surface area contributed by atoms with Crippen molar-refractivity contribution in [3.05, 3.63) is 0 Å². The Kier molecular flexibility index (Phi) is 94.3. The molecule has 0 N–H and O–H groups in total. The van der Waals surface area contributed by atoms with Crippen molar-refractivity contribution in [2.24, 2.45) is 0 Å². The zero-order valence-electron chi connectivity index (χ0n) is 1.29. The average Bonchev–Trinajstić information content (AvgIpc) is 1.00. The van der Waals surface area contributed by atoms with E-state index < -0.39 is 0 Å². The minimum atomic E-state index is 0. The Hall–Kier alpha value is 1.74. The van der Waals surface area contributed by atoms with Gasteiger partial charge in [0.25, 0.3) is 0 Å². The molecule has 0 aliphatic heterocycles. The van der Waals surface area contributed by atoms with Gasteiger partial charge in [0.15, 0.2) is 17.4 Å². The van der Waals surface area contributed by atoms with Gasteiger partial charge < -0.3 is 0 Å². The topological polar surface area (TPSA) is 17.1 Å². The summed E-state index contributed by atoms with van der Waals surface area (Å²) in [5.74, 6) is 0. The summed E-state index contributed by atoms with van der Waals surface area (Å²) in [7, 11) is 0. The second-order valence-corrected chi connectivity index (χ2v) is 0. The third-order valence-electron chi connectivity index (χ3n) is 0. The summed E-state index contributed by atoms with van der Waals surface area (Å²) < 4.78 is 8.34. The maximum absolute atomic E-state index is 8.34. The zero-order valence-corrected chi connectivity index (χ0v) is 4.92. The van der Waals surface area contributed by atoms with Gasteiger partial charge in [0.1, 0.15) is 0 Å². The molecule has 0 saturated heterocycles. The minimum absolute atomic E-state index is 0. The molecule has 0 aliphatic rings. The molecule has 1 nitrogen and oxygen atoms in total. The SMILES string of the molecule is [AlH3].[Mn].[O]=[Zr]. The normalized spacial score (nSPS) is 0.750. The molecule has 0 heterocycles. The van der Waals surface area contributed by atoms with Gasteiger partial charge in [0.2, 0.25) is 0 Å². The van der Waals surface area contributed by atoms with Crippen molar-refractivity contribution in [3.63, 3.8) is 0 Å². The van der Waals surface area contributed by atoms with Crippen molar-refractivity contribution < 1.29 is 44.6 Å². The van der Waals surface area contributed by atoms with Gasteiger partial charge >= 0.3 is 27.5 Å². The van der Waals surface area contributed by atoms with Gasteiger partial charge in [-0.25, -0.2) is 0 Å². The predicted molar refractivity (Wildman–Crippen MR) is 10.6 cm³/mol. The van der Waals surface area contributed by atoms with Crippen molar-refractivity contribution in [1.29, 1.82) is 0 Å². The Morgan fingerprint density at radius 1 is 1.25 bits per heavy atom. The van der Waals surface area contributed by atoms with E-state index >= 15 is 0 Å². The van der Waals surface area contributed by atoms with Gasteiger partial charge in [0, 0.05) is 17.1 Å². The van der Waals surface area contributed by atoms with E-state index in [0.717, 1.165) is 0 Å². The molecule has 4 heteroatoms. The van der Waals surface area contributed by atoms with Crippen LogP contribution in [0.15, 0.2) is 0 Å². The van der Waals surface area contributed by atoms with Crippen molar-refractivity contribution in [2.45, 2.75) is 0 Å². The first kappa shape index (κ1) is 17.2. The van der Waals surface area contributed by atoms with Crippen LogP contribution >= 0.6 is 0 Å². The van der Waals surface area contributed by atoms with Gasteiger partial charge in [-0.05, 0) is 0 Å². The van der Waals surface area contributed by atoms with Gasteiger partial charge in [-0.3, -0.25) is 0 Å². The molecular weight excluding hydrogens is 189 g/mol. The molecule has 1 radical (unpaired) electrons. The van der Waals surface area contributed by atoms with Crippen molar-refractivity contribution >= 4 is 17.4 Å². The van der Waals surface area contributed by atoms with Gasteiger partial charge in [0.05, 0.1) is 0 Å². The van der Waals surface area contributed by atoms with Gasteiger partial charge in [-0.1, -0.05) is 0 Å². The predicted octanol–water partition coefficient (Wildman–Crippen LogP) is -1.31. The second-order valence-electron chi connectivity index (χ2n) is 0. The molecule has 0 amide bonds. The molecule has 0 fully saturated rings. The molecular formula is H3AlMnOZr. The molecule has 0 unspecified atom stereocenters. The fourth-order valence-electron chi connectivity index (χ4n) is 0. The van der Waals surface area contributed by atoms with Gasteiger partial charge in [-0.2, -0.15) is 0 Å². The zero-order chi connectivity index (χ0) is 2.00. The third kappa shape index (κ3) is 9.28. The summed E-state index contributed by atoms with van der Waals surface area (Å²) >= 11 is 0.300. The van der Waals surface area contributed by atoms with Crippen LogP contribution in [-0.2, 0) is 44.6 Å². The Morgan fingerprint density at radius 2 is 1.25 bits per heavy atom.